The number of imidazole rings is 1. The zero-order valence-electron chi connectivity index (χ0n) is 18.6. The average molecular weight is 498 g/mol. The van der Waals surface area contributed by atoms with Gasteiger partial charge in [-0.25, -0.2) is 9.97 Å². The fourth-order valence-corrected chi connectivity index (χ4v) is 6.28. The van der Waals surface area contributed by atoms with E-state index in [-0.39, 0.29) is 16.4 Å². The number of aromatic nitrogens is 5. The summed E-state index contributed by atoms with van der Waals surface area (Å²) in [5.41, 5.74) is 8.70. The molecule has 35 heavy (non-hydrogen) atoms. The summed E-state index contributed by atoms with van der Waals surface area (Å²) in [6, 6.07) is 5.35. The fraction of sp³-hybridized carbons (Fsp3) is 0.333. The van der Waals surface area contributed by atoms with E-state index in [1.807, 2.05) is 16.7 Å². The van der Waals surface area contributed by atoms with Crippen molar-refractivity contribution in [3.05, 3.63) is 72.2 Å². The average Bonchev–Trinajstić information content (AvgIpc) is 3.44. The predicted molar refractivity (Wildman–Crippen MR) is 125 cm³/mol. The van der Waals surface area contributed by atoms with E-state index in [2.05, 4.69) is 30.9 Å². The van der Waals surface area contributed by atoms with Gasteiger partial charge in [0.2, 0.25) is 5.95 Å². The van der Waals surface area contributed by atoms with E-state index in [4.69, 9.17) is 5.73 Å². The van der Waals surface area contributed by atoms with Gasteiger partial charge in [-0.05, 0) is 42.4 Å². The first-order chi connectivity index (χ1) is 16.9. The first kappa shape index (κ1) is 22.3. The minimum Gasteiger partial charge on any atom is -0.342 e. The first-order valence-electron chi connectivity index (χ1n) is 11.3. The summed E-state index contributed by atoms with van der Waals surface area (Å²) in [5, 5.41) is 0. The summed E-state index contributed by atoms with van der Waals surface area (Å²) in [5.74, 6) is 0.727. The summed E-state index contributed by atoms with van der Waals surface area (Å²) in [6.07, 6.45) is 7.27. The number of alkyl halides is 3. The van der Waals surface area contributed by atoms with Crippen molar-refractivity contribution in [2.45, 2.75) is 41.3 Å². The molecule has 11 heteroatoms. The van der Waals surface area contributed by atoms with Crippen molar-refractivity contribution in [2.75, 3.05) is 18.0 Å². The van der Waals surface area contributed by atoms with E-state index in [1.165, 1.54) is 12.3 Å². The number of nitrogens with two attached hydrogens (primary N) is 1. The molecule has 0 radical (unpaired) electrons. The van der Waals surface area contributed by atoms with Crippen molar-refractivity contribution in [3.8, 4) is 0 Å². The van der Waals surface area contributed by atoms with Crippen LogP contribution in [0.25, 0.3) is 5.65 Å². The molecule has 1 aliphatic carbocycles. The molecular formula is C24H22F3N7S. The summed E-state index contributed by atoms with van der Waals surface area (Å²) in [4.78, 5) is 20.1. The van der Waals surface area contributed by atoms with Crippen LogP contribution in [0.1, 0.15) is 35.7 Å². The van der Waals surface area contributed by atoms with E-state index in [1.54, 1.807) is 18.6 Å². The number of pyridine rings is 2. The summed E-state index contributed by atoms with van der Waals surface area (Å²) in [6.45, 7) is 1.55. The Balaban J connectivity index is 1.26. The molecule has 4 aromatic rings. The van der Waals surface area contributed by atoms with Gasteiger partial charge in [-0.2, -0.15) is 13.2 Å². The van der Waals surface area contributed by atoms with E-state index in [0.29, 0.717) is 10.5 Å². The largest absolute Gasteiger partial charge is 0.418 e. The second-order valence-corrected chi connectivity index (χ2v) is 10.1. The number of anilines is 1. The molecule has 0 aromatic carbocycles. The van der Waals surface area contributed by atoms with Gasteiger partial charge in [0.05, 0.1) is 10.5 Å². The number of nitrogens with zero attached hydrogens (tertiary/aromatic N) is 6. The molecule has 7 nitrogen and oxygen atoms in total. The maximum Gasteiger partial charge on any atom is 0.418 e. The lowest BCUT2D eigenvalue weighted by Gasteiger charge is -2.42. The van der Waals surface area contributed by atoms with Gasteiger partial charge in [0.15, 0.2) is 5.65 Å². The highest BCUT2D eigenvalue weighted by atomic mass is 32.2. The molecule has 1 saturated heterocycles. The van der Waals surface area contributed by atoms with Crippen LogP contribution in [0.3, 0.4) is 0 Å². The topological polar surface area (TPSA) is 85.2 Å². The lowest BCUT2D eigenvalue weighted by Crippen LogP contribution is -2.45. The maximum absolute atomic E-state index is 13.4. The van der Waals surface area contributed by atoms with Gasteiger partial charge in [-0.3, -0.25) is 14.4 Å². The molecule has 180 valence electrons. The lowest BCUT2D eigenvalue weighted by atomic mass is 9.73. The number of fused-ring (bicyclic) bond motifs is 2. The highest BCUT2D eigenvalue weighted by Crippen LogP contribution is 2.50. The monoisotopic (exact) mass is 497 g/mol. The third-order valence-electron chi connectivity index (χ3n) is 7.16. The molecule has 0 bridgehead atoms. The maximum atomic E-state index is 13.4. The Kier molecular flexibility index (Phi) is 5.22. The molecule has 1 spiro atoms. The van der Waals surface area contributed by atoms with Crippen LogP contribution >= 0.6 is 11.8 Å². The summed E-state index contributed by atoms with van der Waals surface area (Å²) < 4.78 is 42.2. The second kappa shape index (κ2) is 8.20. The van der Waals surface area contributed by atoms with Crippen LogP contribution in [0, 0.1) is 5.41 Å². The Morgan fingerprint density at radius 3 is 2.60 bits per heavy atom. The minimum atomic E-state index is -4.49. The zero-order chi connectivity index (χ0) is 24.2. The van der Waals surface area contributed by atoms with Gasteiger partial charge in [-0.15, -0.1) is 0 Å². The van der Waals surface area contributed by atoms with Crippen LogP contribution in [-0.2, 0) is 12.6 Å². The highest BCUT2D eigenvalue weighted by Gasteiger charge is 2.46. The number of hydrogen-bond donors (Lipinski definition) is 1. The Hall–Kier alpha value is -3.18. The Labute approximate surface area is 203 Å². The SMILES string of the molecule is N[C@@H]1c2cccnc2CC12CCN(c1ncc(Sc3ccncc3C(F)(F)F)c3nccn13)CC2. The van der Waals surface area contributed by atoms with Crippen molar-refractivity contribution in [2.24, 2.45) is 11.1 Å². The van der Waals surface area contributed by atoms with Gasteiger partial charge in [0, 0.05) is 66.9 Å². The van der Waals surface area contributed by atoms with Gasteiger partial charge in [-0.1, -0.05) is 17.8 Å². The summed E-state index contributed by atoms with van der Waals surface area (Å²) >= 11 is 0.991. The predicted octanol–water partition coefficient (Wildman–Crippen LogP) is 4.53. The van der Waals surface area contributed by atoms with Crippen molar-refractivity contribution < 1.29 is 13.2 Å². The number of rotatable bonds is 3. The Morgan fingerprint density at radius 2 is 1.83 bits per heavy atom. The molecule has 1 atom stereocenters. The van der Waals surface area contributed by atoms with Crippen molar-refractivity contribution in [3.63, 3.8) is 0 Å². The molecule has 4 aromatic heterocycles. The van der Waals surface area contributed by atoms with Crippen LogP contribution in [-0.4, -0.2) is 37.4 Å². The van der Waals surface area contributed by atoms with E-state index < -0.39 is 11.7 Å². The smallest absolute Gasteiger partial charge is 0.342 e. The molecule has 0 saturated carbocycles. The summed E-state index contributed by atoms with van der Waals surface area (Å²) in [7, 11) is 0. The van der Waals surface area contributed by atoms with E-state index >= 15 is 0 Å². The zero-order valence-corrected chi connectivity index (χ0v) is 19.4. The molecule has 0 amide bonds. The number of halogens is 3. The third kappa shape index (κ3) is 3.73. The first-order valence-corrected chi connectivity index (χ1v) is 12.1. The van der Waals surface area contributed by atoms with Gasteiger partial charge in [0.25, 0.3) is 0 Å². The molecule has 0 unspecified atom stereocenters. The van der Waals surface area contributed by atoms with E-state index in [0.717, 1.165) is 67.5 Å². The quantitative estimate of drug-likeness (QED) is 0.445. The molecular weight excluding hydrogens is 475 g/mol. The molecule has 6 rings (SSSR count). The Bertz CT molecular complexity index is 1400. The normalized spacial score (nSPS) is 19.4. The van der Waals surface area contributed by atoms with Crippen molar-refractivity contribution >= 4 is 23.4 Å². The van der Waals surface area contributed by atoms with Crippen LogP contribution < -0.4 is 10.6 Å². The third-order valence-corrected chi connectivity index (χ3v) is 8.25. The Morgan fingerprint density at radius 1 is 1.00 bits per heavy atom. The fourth-order valence-electron chi connectivity index (χ4n) is 5.29. The van der Waals surface area contributed by atoms with Crippen molar-refractivity contribution in [1.82, 2.24) is 24.3 Å². The highest BCUT2D eigenvalue weighted by molar-refractivity contribution is 7.99. The second-order valence-electron chi connectivity index (χ2n) is 9.06. The van der Waals surface area contributed by atoms with Crippen LogP contribution in [0.15, 0.2) is 65.2 Å². The minimum absolute atomic E-state index is 0.00757. The van der Waals surface area contributed by atoms with Gasteiger partial charge in [0.1, 0.15) is 0 Å². The van der Waals surface area contributed by atoms with Crippen LogP contribution in [0.2, 0.25) is 0 Å². The van der Waals surface area contributed by atoms with Crippen LogP contribution in [0.5, 0.6) is 0 Å². The molecule has 5 heterocycles. The number of hydrogen-bond acceptors (Lipinski definition) is 7. The van der Waals surface area contributed by atoms with Gasteiger partial charge >= 0.3 is 6.18 Å². The lowest BCUT2D eigenvalue weighted by molar-refractivity contribution is -0.140. The van der Waals surface area contributed by atoms with Crippen molar-refractivity contribution in [1.29, 1.82) is 0 Å². The molecule has 1 aliphatic heterocycles. The van der Waals surface area contributed by atoms with Gasteiger partial charge < -0.3 is 10.6 Å². The van der Waals surface area contributed by atoms with E-state index in [9.17, 15) is 13.2 Å². The molecule has 2 aliphatic rings. The standard InChI is InChI=1S/C24H22F3N7S/c25-24(26,27)16-13-29-7-3-18(16)35-19-14-32-22(34-11-8-31-21(19)34)33-9-4-23(5-10-33)12-17-15(20(23)28)2-1-6-30-17/h1-3,6-8,11,13-14,20H,4-5,9-10,12,28H2/t20-/m1/s1. The molecule has 1 fully saturated rings. The number of piperidine rings is 1. The molecule has 2 N–H and O–H groups in total. The van der Waals surface area contributed by atoms with Crippen LogP contribution in [0.4, 0.5) is 19.1 Å².